The Morgan fingerprint density at radius 3 is 2.64 bits per heavy atom. The first-order valence-corrected chi connectivity index (χ1v) is 12.1. The van der Waals surface area contributed by atoms with Gasteiger partial charge in [-0.05, 0) is 26.1 Å². The highest BCUT2D eigenvalue weighted by Gasteiger charge is 2.38. The summed E-state index contributed by atoms with van der Waals surface area (Å²) in [6.07, 6.45) is -0.646. The Morgan fingerprint density at radius 1 is 1.24 bits per heavy atom. The van der Waals surface area contributed by atoms with Crippen molar-refractivity contribution in [3.63, 3.8) is 0 Å². The fourth-order valence-electron chi connectivity index (χ4n) is 4.43. The van der Waals surface area contributed by atoms with E-state index in [1.165, 1.54) is 6.07 Å². The highest BCUT2D eigenvalue weighted by molar-refractivity contribution is 7.46. The predicted molar refractivity (Wildman–Crippen MR) is 126 cm³/mol. The maximum atomic E-state index is 13.0. The Kier molecular flexibility index (Phi) is 6.35. The van der Waals surface area contributed by atoms with Gasteiger partial charge in [-0.1, -0.05) is 29.2 Å². The highest BCUT2D eigenvalue weighted by atomic mass is 35.5. The molecule has 1 aromatic heterocycles. The zero-order valence-electron chi connectivity index (χ0n) is 17.9. The minimum atomic E-state index is -4.85. The van der Waals surface area contributed by atoms with Crippen LogP contribution >= 0.6 is 19.4 Å². The number of benzene rings is 2. The van der Waals surface area contributed by atoms with Gasteiger partial charge in [0.2, 0.25) is 0 Å². The lowest BCUT2D eigenvalue weighted by molar-refractivity contribution is 0.0544. The molecular formula is C21H22BClNO8P. The molecule has 0 radical (unpaired) electrons. The smallest absolute Gasteiger partial charge is 0.469 e. The maximum absolute atomic E-state index is 13.0. The van der Waals surface area contributed by atoms with Crippen LogP contribution in [0.25, 0.3) is 22.3 Å². The molecule has 1 saturated heterocycles. The normalized spacial score (nSPS) is 19.8. The summed E-state index contributed by atoms with van der Waals surface area (Å²) in [5, 5.41) is 21.4. The molecule has 12 heteroatoms. The molecule has 2 unspecified atom stereocenters. The summed E-state index contributed by atoms with van der Waals surface area (Å²) >= 11 is 6.36. The number of hydrogen-bond acceptors (Lipinski definition) is 7. The summed E-state index contributed by atoms with van der Waals surface area (Å²) in [4.78, 5) is 33.7. The summed E-state index contributed by atoms with van der Waals surface area (Å²) in [5.41, 5.74) is 0.738. The summed E-state index contributed by atoms with van der Waals surface area (Å²) in [5.74, 6) is -1.42. The van der Waals surface area contributed by atoms with E-state index in [4.69, 9.17) is 20.5 Å². The van der Waals surface area contributed by atoms with Crippen molar-refractivity contribution in [2.75, 3.05) is 20.1 Å². The molecule has 0 amide bonds. The number of phosphoric ester groups is 1. The lowest BCUT2D eigenvalue weighted by Crippen LogP contribution is -2.41. The van der Waals surface area contributed by atoms with Crippen molar-refractivity contribution in [1.82, 2.24) is 4.90 Å². The third kappa shape index (κ3) is 4.68. The molecule has 3 aromatic rings. The first-order valence-electron chi connectivity index (χ1n) is 10.2. The molecule has 2 atom stereocenters. The Morgan fingerprint density at radius 2 is 1.97 bits per heavy atom. The minimum absolute atomic E-state index is 0.0804. The van der Waals surface area contributed by atoms with Crippen LogP contribution in [0.15, 0.2) is 39.5 Å². The molecule has 1 fully saturated rings. The van der Waals surface area contributed by atoms with Gasteiger partial charge in [0, 0.05) is 35.7 Å². The number of phosphoric acid groups is 1. The van der Waals surface area contributed by atoms with Crippen LogP contribution in [0.5, 0.6) is 11.5 Å². The second kappa shape index (κ2) is 8.79. The molecule has 0 aliphatic carbocycles. The summed E-state index contributed by atoms with van der Waals surface area (Å²) in [6, 6.07) is 7.45. The van der Waals surface area contributed by atoms with E-state index < -0.39 is 31.0 Å². The van der Waals surface area contributed by atoms with Gasteiger partial charge in [0.1, 0.15) is 36.1 Å². The number of aromatic hydroxyl groups is 2. The lowest BCUT2D eigenvalue weighted by Gasteiger charge is -2.36. The Bertz CT molecular complexity index is 1320. The van der Waals surface area contributed by atoms with Crippen molar-refractivity contribution in [3.05, 3.63) is 51.1 Å². The van der Waals surface area contributed by atoms with Crippen LogP contribution in [0, 0.1) is 0 Å². The van der Waals surface area contributed by atoms with Gasteiger partial charge < -0.3 is 29.3 Å². The van der Waals surface area contributed by atoms with Gasteiger partial charge in [0.05, 0.1) is 11.1 Å². The number of phenols is 2. The monoisotopic (exact) mass is 493 g/mol. The zero-order valence-corrected chi connectivity index (χ0v) is 19.5. The van der Waals surface area contributed by atoms with Crippen molar-refractivity contribution in [2.24, 2.45) is 0 Å². The van der Waals surface area contributed by atoms with Crippen molar-refractivity contribution < 1.29 is 33.5 Å². The van der Waals surface area contributed by atoms with E-state index in [-0.39, 0.29) is 34.6 Å². The topological polar surface area (TPSA) is 141 Å². The molecular weight excluding hydrogens is 471 g/mol. The summed E-state index contributed by atoms with van der Waals surface area (Å²) < 4.78 is 22.7. The van der Waals surface area contributed by atoms with E-state index in [1.54, 1.807) is 33.1 Å². The van der Waals surface area contributed by atoms with Crippen molar-refractivity contribution in [3.8, 4) is 22.8 Å². The van der Waals surface area contributed by atoms with Crippen molar-refractivity contribution >= 4 is 43.7 Å². The minimum Gasteiger partial charge on any atom is -0.507 e. The van der Waals surface area contributed by atoms with E-state index in [2.05, 4.69) is 0 Å². The van der Waals surface area contributed by atoms with Crippen LogP contribution in [-0.2, 0) is 9.09 Å². The van der Waals surface area contributed by atoms with Gasteiger partial charge in [-0.15, -0.1) is 0 Å². The third-order valence-corrected chi connectivity index (χ3v) is 6.73. The molecule has 174 valence electrons. The fourth-order valence-corrected chi connectivity index (χ4v) is 5.31. The molecule has 0 spiro atoms. The molecule has 33 heavy (non-hydrogen) atoms. The Hall–Kier alpha value is -2.33. The van der Waals surface area contributed by atoms with Gasteiger partial charge in [-0.3, -0.25) is 9.32 Å². The van der Waals surface area contributed by atoms with E-state index in [0.717, 1.165) is 11.5 Å². The van der Waals surface area contributed by atoms with E-state index in [0.29, 0.717) is 23.6 Å². The molecule has 9 nitrogen and oxygen atoms in total. The molecule has 2 aromatic carbocycles. The molecule has 2 heterocycles. The number of piperidine rings is 1. The van der Waals surface area contributed by atoms with Crippen LogP contribution in [0.2, 0.25) is 5.02 Å². The Labute approximate surface area is 194 Å². The first kappa shape index (κ1) is 23.8. The number of likely N-dealkylation sites (N-methyl/N-ethyl adjacent to an activating group) is 1. The number of phenolic OH excluding ortho intramolecular Hbond substituents is 2. The number of hydrogen-bond donors (Lipinski definition) is 4. The number of rotatable bonds is 4. The van der Waals surface area contributed by atoms with Gasteiger partial charge in [-0.2, -0.15) is 0 Å². The molecule has 4 N–H and O–H groups in total. The van der Waals surface area contributed by atoms with E-state index >= 15 is 0 Å². The van der Waals surface area contributed by atoms with Crippen LogP contribution in [0.1, 0.15) is 17.9 Å². The number of fused-ring (bicyclic) bond motifs is 1. The van der Waals surface area contributed by atoms with Gasteiger partial charge in [-0.25, -0.2) is 4.57 Å². The Balaban J connectivity index is 1.99. The van der Waals surface area contributed by atoms with Gasteiger partial charge in [0.15, 0.2) is 5.43 Å². The molecule has 0 saturated carbocycles. The summed E-state index contributed by atoms with van der Waals surface area (Å²) in [7, 11) is -1.27. The molecule has 4 rings (SSSR count). The second-order valence-electron chi connectivity index (χ2n) is 8.23. The second-order valence-corrected chi connectivity index (χ2v) is 9.83. The quantitative estimate of drug-likeness (QED) is 0.315. The largest absolute Gasteiger partial charge is 0.507 e. The molecule has 1 aliphatic rings. The van der Waals surface area contributed by atoms with Crippen molar-refractivity contribution in [2.45, 2.75) is 18.4 Å². The SMILES string of the molecule is Bc1cccc(Cl)c1-c1cc(=O)c2c(O)cc(O)c(C3CCN(C)CC3OP(=O)(O)O)c2o1. The third-order valence-electron chi connectivity index (χ3n) is 5.87. The lowest BCUT2D eigenvalue weighted by atomic mass is 9.85. The van der Waals surface area contributed by atoms with Crippen LogP contribution in [-0.4, -0.2) is 59.0 Å². The number of likely N-dealkylation sites (tertiary alicyclic amines) is 1. The van der Waals surface area contributed by atoms with E-state index in [1.807, 2.05) is 4.90 Å². The van der Waals surface area contributed by atoms with Crippen LogP contribution < -0.4 is 10.9 Å². The fraction of sp³-hybridized carbons (Fsp3) is 0.286. The molecule has 1 aliphatic heterocycles. The van der Waals surface area contributed by atoms with Crippen molar-refractivity contribution in [1.29, 1.82) is 0 Å². The molecule has 0 bridgehead atoms. The van der Waals surface area contributed by atoms with Gasteiger partial charge in [0.25, 0.3) is 0 Å². The average molecular weight is 494 g/mol. The number of nitrogens with zero attached hydrogens (tertiary/aromatic N) is 1. The predicted octanol–water partition coefficient (Wildman–Crippen LogP) is 1.68. The average Bonchev–Trinajstić information content (AvgIpc) is 2.67. The van der Waals surface area contributed by atoms with Gasteiger partial charge >= 0.3 is 7.82 Å². The standard InChI is InChI=1S/C21H22BClNO8P/c1-24-6-5-10(17(9-24)32-33(28,29)30)18-13(25)7-14(26)20-15(27)8-16(31-21(18)20)19-11(22)3-2-4-12(19)23/h2-4,7-8,10,17,25-26H,5-6,9,22H2,1H3,(H2,28,29,30). The highest BCUT2D eigenvalue weighted by Crippen LogP contribution is 2.47. The maximum Gasteiger partial charge on any atom is 0.469 e. The number of halogens is 1. The zero-order chi connectivity index (χ0) is 24.1. The van der Waals surface area contributed by atoms with Crippen LogP contribution in [0.4, 0.5) is 0 Å². The summed E-state index contributed by atoms with van der Waals surface area (Å²) in [6.45, 7) is 0.714. The van der Waals surface area contributed by atoms with E-state index in [9.17, 15) is 29.4 Å². The first-order chi connectivity index (χ1) is 15.5. The van der Waals surface area contributed by atoms with Crippen LogP contribution in [0.3, 0.4) is 0 Å².